The van der Waals surface area contributed by atoms with Gasteiger partial charge in [0.1, 0.15) is 6.10 Å². The molecule has 1 fully saturated rings. The Morgan fingerprint density at radius 3 is 2.62 bits per heavy atom. The van der Waals surface area contributed by atoms with Crippen molar-refractivity contribution in [2.24, 2.45) is 0 Å². The van der Waals surface area contributed by atoms with Crippen LogP contribution >= 0.6 is 0 Å². The summed E-state index contributed by atoms with van der Waals surface area (Å²) in [4.78, 5) is 13.8. The molecule has 2 rings (SSSR count). The molecular weight excluding hydrogens is 272 g/mol. The lowest BCUT2D eigenvalue weighted by Gasteiger charge is -2.40. The first kappa shape index (κ1) is 15.9. The van der Waals surface area contributed by atoms with Gasteiger partial charge in [-0.25, -0.2) is 0 Å². The summed E-state index contributed by atoms with van der Waals surface area (Å²) in [7, 11) is 3.68. The summed E-state index contributed by atoms with van der Waals surface area (Å²) in [5.74, 6) is -0.179. The summed E-state index contributed by atoms with van der Waals surface area (Å²) in [6, 6.07) is 8.71. The van der Waals surface area contributed by atoms with Gasteiger partial charge in [0.05, 0.1) is 6.10 Å². The molecular formula is C15H22N2O4. The van der Waals surface area contributed by atoms with Gasteiger partial charge in [-0.3, -0.25) is 4.79 Å². The number of carbonyl (C=O) groups excluding carboxylic acids is 1. The van der Waals surface area contributed by atoms with Crippen molar-refractivity contribution < 1.29 is 19.7 Å². The normalized spacial score (nSPS) is 29.4. The Balaban J connectivity index is 1.90. The summed E-state index contributed by atoms with van der Waals surface area (Å²) in [6.45, 7) is 0.293. The fourth-order valence-corrected chi connectivity index (χ4v) is 2.48. The minimum absolute atomic E-state index is 0.179. The lowest BCUT2D eigenvalue weighted by molar-refractivity contribution is -0.232. The van der Waals surface area contributed by atoms with E-state index in [1.54, 1.807) is 24.3 Å². The minimum atomic E-state index is -1.23. The van der Waals surface area contributed by atoms with Crippen LogP contribution in [-0.2, 0) is 4.74 Å². The van der Waals surface area contributed by atoms with Gasteiger partial charge in [0.2, 0.25) is 0 Å². The molecule has 0 bridgehead atoms. The number of rotatable bonds is 4. The molecule has 116 valence electrons. The first-order valence-electron chi connectivity index (χ1n) is 7.00. The third-order valence-electron chi connectivity index (χ3n) is 3.71. The van der Waals surface area contributed by atoms with Crippen molar-refractivity contribution in [1.29, 1.82) is 0 Å². The fourth-order valence-electron chi connectivity index (χ4n) is 2.48. The molecule has 0 spiro atoms. The Labute approximate surface area is 124 Å². The van der Waals surface area contributed by atoms with Crippen molar-refractivity contribution in [2.45, 2.75) is 31.0 Å². The molecule has 1 aliphatic heterocycles. The highest BCUT2D eigenvalue weighted by atomic mass is 16.6. The molecule has 0 saturated carbocycles. The van der Waals surface area contributed by atoms with Gasteiger partial charge in [0.25, 0.3) is 5.91 Å². The highest BCUT2D eigenvalue weighted by molar-refractivity contribution is 5.94. The van der Waals surface area contributed by atoms with E-state index in [0.29, 0.717) is 18.5 Å². The Morgan fingerprint density at radius 2 is 2.00 bits per heavy atom. The number of aliphatic hydroxyl groups excluding tert-OH is 2. The average Bonchev–Trinajstić information content (AvgIpc) is 2.48. The number of nitrogens with one attached hydrogen (secondary N) is 1. The number of ether oxygens (including phenoxy) is 1. The van der Waals surface area contributed by atoms with Crippen LogP contribution in [0.5, 0.6) is 0 Å². The van der Waals surface area contributed by atoms with Gasteiger partial charge >= 0.3 is 0 Å². The van der Waals surface area contributed by atoms with Crippen molar-refractivity contribution >= 4 is 5.91 Å². The van der Waals surface area contributed by atoms with Gasteiger partial charge in [-0.2, -0.15) is 0 Å². The van der Waals surface area contributed by atoms with Crippen molar-refractivity contribution in [3.05, 3.63) is 35.9 Å². The van der Waals surface area contributed by atoms with E-state index >= 15 is 0 Å². The standard InChI is InChI=1S/C15H22N2O4/c1-17(2)12-8-11(21-15(20)13(12)18)9-16-14(19)10-6-4-3-5-7-10/h3-7,11-13,15,18,20H,8-9H2,1-2H3,(H,16,19)/t11?,12?,13?,15-/m1/s1. The quantitative estimate of drug-likeness (QED) is 0.717. The zero-order chi connectivity index (χ0) is 15.4. The molecule has 21 heavy (non-hydrogen) atoms. The van der Waals surface area contributed by atoms with Crippen LogP contribution in [0.4, 0.5) is 0 Å². The second kappa shape index (κ2) is 7.00. The number of hydrogen-bond donors (Lipinski definition) is 3. The topological polar surface area (TPSA) is 82.0 Å². The molecule has 6 heteroatoms. The van der Waals surface area contributed by atoms with E-state index in [0.717, 1.165) is 0 Å². The number of hydrogen-bond acceptors (Lipinski definition) is 5. The summed E-state index contributed by atoms with van der Waals surface area (Å²) >= 11 is 0. The van der Waals surface area contributed by atoms with E-state index in [2.05, 4.69) is 5.32 Å². The van der Waals surface area contributed by atoms with Crippen molar-refractivity contribution in [1.82, 2.24) is 10.2 Å². The highest BCUT2D eigenvalue weighted by Crippen LogP contribution is 2.21. The van der Waals surface area contributed by atoms with Gasteiger partial charge in [0, 0.05) is 18.2 Å². The second-order valence-electron chi connectivity index (χ2n) is 5.48. The maximum absolute atomic E-state index is 12.0. The molecule has 0 aliphatic carbocycles. The largest absolute Gasteiger partial charge is 0.386 e. The molecule has 1 saturated heterocycles. The fraction of sp³-hybridized carbons (Fsp3) is 0.533. The minimum Gasteiger partial charge on any atom is -0.386 e. The third-order valence-corrected chi connectivity index (χ3v) is 3.71. The summed E-state index contributed by atoms with van der Waals surface area (Å²) < 4.78 is 5.33. The predicted molar refractivity (Wildman–Crippen MR) is 77.8 cm³/mol. The molecule has 6 nitrogen and oxygen atoms in total. The Hall–Kier alpha value is -1.47. The first-order chi connectivity index (χ1) is 9.99. The number of aliphatic hydroxyl groups is 2. The van der Waals surface area contributed by atoms with Gasteiger partial charge in [-0.15, -0.1) is 0 Å². The van der Waals surface area contributed by atoms with Crippen molar-refractivity contribution in [3.63, 3.8) is 0 Å². The molecule has 0 aromatic heterocycles. The predicted octanol–water partition coefficient (Wildman–Crippen LogP) is -0.185. The van der Waals surface area contributed by atoms with E-state index in [1.807, 2.05) is 25.1 Å². The Morgan fingerprint density at radius 1 is 1.33 bits per heavy atom. The van der Waals surface area contributed by atoms with Crippen LogP contribution < -0.4 is 5.32 Å². The van der Waals surface area contributed by atoms with E-state index in [-0.39, 0.29) is 18.1 Å². The number of likely N-dealkylation sites (N-methyl/N-ethyl adjacent to an activating group) is 1. The maximum atomic E-state index is 12.0. The van der Waals surface area contributed by atoms with Crippen LogP contribution in [0.3, 0.4) is 0 Å². The molecule has 3 N–H and O–H groups in total. The van der Waals surface area contributed by atoms with Crippen LogP contribution in [0.15, 0.2) is 30.3 Å². The Bertz CT molecular complexity index is 466. The van der Waals surface area contributed by atoms with E-state index in [4.69, 9.17) is 4.74 Å². The average molecular weight is 294 g/mol. The highest BCUT2D eigenvalue weighted by Gasteiger charge is 2.37. The van der Waals surface area contributed by atoms with Crippen LogP contribution in [-0.4, -0.2) is 66.2 Å². The third kappa shape index (κ3) is 4.01. The molecule has 1 heterocycles. The van der Waals surface area contributed by atoms with Gasteiger partial charge in [-0.1, -0.05) is 18.2 Å². The SMILES string of the molecule is CN(C)C1CC(CNC(=O)c2ccccc2)O[C@@H](O)C1O. The molecule has 4 atom stereocenters. The summed E-state index contributed by atoms with van der Waals surface area (Å²) in [6.07, 6.45) is -1.96. The lowest BCUT2D eigenvalue weighted by atomic mass is 9.98. The Kier molecular flexibility index (Phi) is 5.30. The molecule has 1 amide bonds. The van der Waals surface area contributed by atoms with Crippen LogP contribution in [0, 0.1) is 0 Å². The monoisotopic (exact) mass is 294 g/mol. The van der Waals surface area contributed by atoms with Crippen molar-refractivity contribution in [3.8, 4) is 0 Å². The van der Waals surface area contributed by atoms with Gasteiger partial charge in [-0.05, 0) is 32.6 Å². The number of benzene rings is 1. The molecule has 3 unspecified atom stereocenters. The van der Waals surface area contributed by atoms with Crippen LogP contribution in [0.2, 0.25) is 0 Å². The first-order valence-corrected chi connectivity index (χ1v) is 7.00. The molecule has 1 aromatic carbocycles. The zero-order valence-electron chi connectivity index (χ0n) is 12.3. The van der Waals surface area contributed by atoms with Gasteiger partial charge in [0.15, 0.2) is 6.29 Å². The van der Waals surface area contributed by atoms with Gasteiger partial charge < -0.3 is 25.2 Å². The maximum Gasteiger partial charge on any atom is 0.251 e. The molecule has 1 aromatic rings. The molecule has 1 aliphatic rings. The van der Waals surface area contributed by atoms with Crippen LogP contribution in [0.25, 0.3) is 0 Å². The summed E-state index contributed by atoms with van der Waals surface area (Å²) in [5, 5.41) is 22.4. The summed E-state index contributed by atoms with van der Waals surface area (Å²) in [5.41, 5.74) is 0.582. The lowest BCUT2D eigenvalue weighted by Crippen LogP contribution is -2.55. The van der Waals surface area contributed by atoms with E-state index in [9.17, 15) is 15.0 Å². The number of nitrogens with zero attached hydrogens (tertiary/aromatic N) is 1. The zero-order valence-corrected chi connectivity index (χ0v) is 12.3. The van der Waals surface area contributed by atoms with Crippen LogP contribution in [0.1, 0.15) is 16.8 Å². The molecule has 0 radical (unpaired) electrons. The second-order valence-corrected chi connectivity index (χ2v) is 5.48. The van der Waals surface area contributed by atoms with Crippen molar-refractivity contribution in [2.75, 3.05) is 20.6 Å². The van der Waals surface area contributed by atoms with E-state index in [1.165, 1.54) is 0 Å². The smallest absolute Gasteiger partial charge is 0.251 e. The number of amides is 1. The number of carbonyl (C=O) groups is 1. The van der Waals surface area contributed by atoms with E-state index < -0.39 is 12.4 Å².